The van der Waals surface area contributed by atoms with Crippen molar-refractivity contribution in [2.24, 2.45) is 11.7 Å². The summed E-state index contributed by atoms with van der Waals surface area (Å²) in [5, 5.41) is 0. The molecule has 0 aromatic heterocycles. The van der Waals surface area contributed by atoms with Crippen LogP contribution < -0.4 is 5.73 Å². The first-order valence-electron chi connectivity index (χ1n) is 5.69. The molecule has 84 valence electrons. The number of unbranched alkanes of at least 4 members (excludes halogenated alkanes) is 1. The molecular formula is C12H20N2O. The van der Waals surface area contributed by atoms with E-state index in [9.17, 15) is 4.79 Å². The van der Waals surface area contributed by atoms with E-state index in [4.69, 9.17) is 12.2 Å². The van der Waals surface area contributed by atoms with E-state index in [2.05, 4.69) is 5.92 Å². The average molecular weight is 208 g/mol. The molecule has 1 amide bonds. The van der Waals surface area contributed by atoms with Crippen LogP contribution in [0.1, 0.15) is 32.1 Å². The number of nitrogens with zero attached hydrogens (tertiary/aromatic N) is 1. The summed E-state index contributed by atoms with van der Waals surface area (Å²) in [7, 11) is 0. The normalized spacial score (nSPS) is 14.7. The zero-order chi connectivity index (χ0) is 11.1. The maximum atomic E-state index is 11.8. The molecule has 1 saturated carbocycles. The fourth-order valence-corrected chi connectivity index (χ4v) is 1.56. The topological polar surface area (TPSA) is 46.3 Å². The number of hydrogen-bond donors (Lipinski definition) is 1. The van der Waals surface area contributed by atoms with Gasteiger partial charge in [-0.25, -0.2) is 0 Å². The number of carbonyl (C=O) groups excluding carboxylic acids is 1. The molecule has 1 aliphatic rings. The summed E-state index contributed by atoms with van der Waals surface area (Å²) >= 11 is 0. The Morgan fingerprint density at radius 3 is 2.73 bits per heavy atom. The minimum atomic E-state index is 0.188. The van der Waals surface area contributed by atoms with E-state index in [1.807, 2.05) is 4.90 Å². The molecule has 0 spiro atoms. The van der Waals surface area contributed by atoms with Gasteiger partial charge >= 0.3 is 0 Å². The highest BCUT2D eigenvalue weighted by Crippen LogP contribution is 2.29. The molecule has 0 saturated heterocycles. The number of carbonyl (C=O) groups is 1. The van der Waals surface area contributed by atoms with Crippen LogP contribution in [0.5, 0.6) is 0 Å². The smallest absolute Gasteiger partial charge is 0.223 e. The second-order valence-electron chi connectivity index (χ2n) is 4.17. The van der Waals surface area contributed by atoms with Crippen LogP contribution in [-0.4, -0.2) is 30.4 Å². The lowest BCUT2D eigenvalue weighted by molar-refractivity contribution is -0.130. The van der Waals surface area contributed by atoms with Crippen molar-refractivity contribution < 1.29 is 4.79 Å². The minimum Gasteiger partial charge on any atom is -0.331 e. The number of nitrogens with two attached hydrogens (primary N) is 1. The molecule has 3 heteroatoms. The predicted octanol–water partition coefficient (Wildman–Crippen LogP) is 0.987. The summed E-state index contributed by atoms with van der Waals surface area (Å²) in [6.45, 7) is 1.97. The van der Waals surface area contributed by atoms with Crippen molar-refractivity contribution in [3.8, 4) is 12.3 Å². The van der Waals surface area contributed by atoms with Crippen LogP contribution in [0, 0.1) is 18.3 Å². The zero-order valence-electron chi connectivity index (χ0n) is 9.24. The average Bonchev–Trinajstić information content (AvgIpc) is 3.01. The zero-order valence-corrected chi connectivity index (χ0v) is 9.24. The summed E-state index contributed by atoms with van der Waals surface area (Å²) < 4.78 is 0. The van der Waals surface area contributed by atoms with Crippen LogP contribution in [-0.2, 0) is 4.79 Å². The van der Waals surface area contributed by atoms with Gasteiger partial charge < -0.3 is 10.6 Å². The fourth-order valence-electron chi connectivity index (χ4n) is 1.56. The SMILES string of the molecule is C#CCN(CC1CC1)C(=O)CCCCN. The van der Waals surface area contributed by atoms with Crippen molar-refractivity contribution in [2.45, 2.75) is 32.1 Å². The van der Waals surface area contributed by atoms with Gasteiger partial charge in [0.05, 0.1) is 6.54 Å². The first-order valence-corrected chi connectivity index (χ1v) is 5.69. The van der Waals surface area contributed by atoms with E-state index in [-0.39, 0.29) is 5.91 Å². The van der Waals surface area contributed by atoms with Gasteiger partial charge in [0.25, 0.3) is 0 Å². The third kappa shape index (κ3) is 4.85. The first-order chi connectivity index (χ1) is 7.27. The molecule has 0 bridgehead atoms. The van der Waals surface area contributed by atoms with Gasteiger partial charge in [-0.15, -0.1) is 6.42 Å². The van der Waals surface area contributed by atoms with Crippen LogP contribution in [0.3, 0.4) is 0 Å². The molecule has 3 nitrogen and oxygen atoms in total. The van der Waals surface area contributed by atoms with Gasteiger partial charge in [-0.2, -0.15) is 0 Å². The van der Waals surface area contributed by atoms with E-state index in [0.717, 1.165) is 19.4 Å². The van der Waals surface area contributed by atoms with Gasteiger partial charge in [-0.05, 0) is 38.1 Å². The van der Waals surface area contributed by atoms with Gasteiger partial charge in [-0.1, -0.05) is 5.92 Å². The molecule has 1 aliphatic carbocycles. The maximum absolute atomic E-state index is 11.8. The largest absolute Gasteiger partial charge is 0.331 e. The van der Waals surface area contributed by atoms with Gasteiger partial charge in [0.2, 0.25) is 5.91 Å². The molecule has 0 heterocycles. The summed E-state index contributed by atoms with van der Waals surface area (Å²) in [5.41, 5.74) is 5.38. The number of rotatable bonds is 7. The second-order valence-corrected chi connectivity index (χ2v) is 4.17. The molecule has 2 N–H and O–H groups in total. The Hall–Kier alpha value is -1.01. The number of hydrogen-bond acceptors (Lipinski definition) is 2. The van der Waals surface area contributed by atoms with Crippen molar-refractivity contribution in [3.05, 3.63) is 0 Å². The molecule has 0 atom stereocenters. The standard InChI is InChI=1S/C12H20N2O/c1-2-9-14(10-11-6-7-11)12(15)5-3-4-8-13/h1,11H,3-10,13H2. The highest BCUT2D eigenvalue weighted by atomic mass is 16.2. The molecule has 0 aromatic carbocycles. The quantitative estimate of drug-likeness (QED) is 0.501. The third-order valence-corrected chi connectivity index (χ3v) is 2.66. The molecular weight excluding hydrogens is 188 g/mol. The van der Waals surface area contributed by atoms with Crippen molar-refractivity contribution in [1.29, 1.82) is 0 Å². The predicted molar refractivity (Wildman–Crippen MR) is 61.0 cm³/mol. The summed E-state index contributed by atoms with van der Waals surface area (Å²) in [6, 6.07) is 0. The minimum absolute atomic E-state index is 0.188. The van der Waals surface area contributed by atoms with Crippen LogP contribution in [0.15, 0.2) is 0 Å². The van der Waals surface area contributed by atoms with Crippen molar-refractivity contribution in [2.75, 3.05) is 19.6 Å². The van der Waals surface area contributed by atoms with Crippen LogP contribution in [0.4, 0.5) is 0 Å². The molecule has 1 fully saturated rings. The fraction of sp³-hybridized carbons (Fsp3) is 0.750. The van der Waals surface area contributed by atoms with Gasteiger partial charge in [0.1, 0.15) is 0 Å². The van der Waals surface area contributed by atoms with E-state index < -0.39 is 0 Å². The Bertz CT molecular complexity index is 240. The summed E-state index contributed by atoms with van der Waals surface area (Å²) in [6.07, 6.45) is 10.1. The number of amides is 1. The van der Waals surface area contributed by atoms with Crippen molar-refractivity contribution in [1.82, 2.24) is 4.90 Å². The molecule has 0 unspecified atom stereocenters. The van der Waals surface area contributed by atoms with E-state index in [0.29, 0.717) is 25.4 Å². The summed E-state index contributed by atoms with van der Waals surface area (Å²) in [5.74, 6) is 3.45. The Labute approximate surface area is 92.0 Å². The second kappa shape index (κ2) is 6.47. The molecule has 0 aliphatic heterocycles. The van der Waals surface area contributed by atoms with Crippen LogP contribution >= 0.6 is 0 Å². The lowest BCUT2D eigenvalue weighted by Crippen LogP contribution is -2.33. The van der Waals surface area contributed by atoms with Crippen LogP contribution in [0.25, 0.3) is 0 Å². The van der Waals surface area contributed by atoms with Crippen molar-refractivity contribution >= 4 is 5.91 Å². The number of terminal acetylenes is 1. The van der Waals surface area contributed by atoms with Gasteiger partial charge in [-0.3, -0.25) is 4.79 Å². The monoisotopic (exact) mass is 208 g/mol. The Morgan fingerprint density at radius 1 is 1.47 bits per heavy atom. The third-order valence-electron chi connectivity index (χ3n) is 2.66. The van der Waals surface area contributed by atoms with E-state index in [1.165, 1.54) is 12.8 Å². The van der Waals surface area contributed by atoms with Crippen LogP contribution in [0.2, 0.25) is 0 Å². The Kier molecular flexibility index (Phi) is 5.20. The maximum Gasteiger partial charge on any atom is 0.223 e. The van der Waals surface area contributed by atoms with Gasteiger partial charge in [0, 0.05) is 13.0 Å². The molecule has 0 aromatic rings. The lowest BCUT2D eigenvalue weighted by Gasteiger charge is -2.19. The molecule has 1 rings (SSSR count). The Morgan fingerprint density at radius 2 is 2.20 bits per heavy atom. The van der Waals surface area contributed by atoms with E-state index in [1.54, 1.807) is 0 Å². The lowest BCUT2D eigenvalue weighted by atomic mass is 10.2. The first kappa shape index (κ1) is 12.1. The summed E-state index contributed by atoms with van der Waals surface area (Å²) in [4.78, 5) is 13.6. The Balaban J connectivity index is 2.26. The molecule has 15 heavy (non-hydrogen) atoms. The van der Waals surface area contributed by atoms with Gasteiger partial charge in [0.15, 0.2) is 0 Å². The highest BCUT2D eigenvalue weighted by molar-refractivity contribution is 5.76. The highest BCUT2D eigenvalue weighted by Gasteiger charge is 2.25. The van der Waals surface area contributed by atoms with Crippen molar-refractivity contribution in [3.63, 3.8) is 0 Å². The van der Waals surface area contributed by atoms with E-state index >= 15 is 0 Å². The molecule has 0 radical (unpaired) electrons.